The average molecular weight is 290 g/mol. The van der Waals surface area contributed by atoms with Crippen molar-refractivity contribution in [2.75, 3.05) is 6.66 Å². The van der Waals surface area contributed by atoms with Gasteiger partial charge in [0.15, 0.2) is 0 Å². The van der Waals surface area contributed by atoms with E-state index in [1.165, 1.54) is 16.2 Å². The van der Waals surface area contributed by atoms with Gasteiger partial charge in [-0.3, -0.25) is 0 Å². The van der Waals surface area contributed by atoms with Crippen LogP contribution in [0.3, 0.4) is 0 Å². The van der Waals surface area contributed by atoms with E-state index < -0.39 is 6.89 Å². The van der Waals surface area contributed by atoms with Gasteiger partial charge >= 0.3 is 0 Å². The fraction of sp³-hybridized carbons (Fsp3) is 0.0500. The van der Waals surface area contributed by atoms with Crippen molar-refractivity contribution in [3.05, 3.63) is 96.6 Å². The van der Waals surface area contributed by atoms with E-state index in [-0.39, 0.29) is 0 Å². The Morgan fingerprint density at radius 3 is 1.38 bits per heavy atom. The van der Waals surface area contributed by atoms with Crippen LogP contribution < -0.4 is 10.6 Å². The van der Waals surface area contributed by atoms with Gasteiger partial charge in [0.05, 0.1) is 0 Å². The summed E-state index contributed by atoms with van der Waals surface area (Å²) in [5.74, 6) is 2.46. The number of hydrogen-bond donors (Lipinski definition) is 0. The van der Waals surface area contributed by atoms with Gasteiger partial charge < -0.3 is 0 Å². The van der Waals surface area contributed by atoms with Gasteiger partial charge in [0.1, 0.15) is 0 Å². The molecule has 0 aliphatic heterocycles. The first-order valence-electron chi connectivity index (χ1n) is 7.17. The van der Waals surface area contributed by atoms with Gasteiger partial charge in [0.25, 0.3) is 0 Å². The Balaban J connectivity index is 2.24. The van der Waals surface area contributed by atoms with Gasteiger partial charge in [-0.05, 0) is 28.6 Å². The molecule has 0 saturated carbocycles. The average Bonchev–Trinajstić information content (AvgIpc) is 2.57. The lowest BCUT2D eigenvalue weighted by Crippen LogP contribution is -2.17. The van der Waals surface area contributed by atoms with Crippen LogP contribution in [0.1, 0.15) is 5.56 Å². The first-order valence-corrected chi connectivity index (χ1v) is 9.48. The molecule has 0 nitrogen and oxygen atoms in total. The predicted molar refractivity (Wildman–Crippen MR) is 96.6 cm³/mol. The molecule has 0 fully saturated rings. The summed E-state index contributed by atoms with van der Waals surface area (Å²) in [6.07, 6.45) is 0. The second-order valence-electron chi connectivity index (χ2n) is 5.29. The molecule has 0 aliphatic carbocycles. The molecule has 0 amide bonds. The number of hydrogen-bond acceptors (Lipinski definition) is 0. The molecule has 21 heavy (non-hydrogen) atoms. The van der Waals surface area contributed by atoms with Gasteiger partial charge in [-0.1, -0.05) is 97.9 Å². The maximum absolute atomic E-state index is 2.46. The van der Waals surface area contributed by atoms with Crippen LogP contribution in [0.5, 0.6) is 0 Å². The molecular weight excluding hydrogens is 271 g/mol. The molecule has 0 N–H and O–H groups in total. The van der Waals surface area contributed by atoms with E-state index in [1.807, 2.05) is 0 Å². The third-order valence-electron chi connectivity index (χ3n) is 3.79. The van der Waals surface area contributed by atoms with Crippen molar-refractivity contribution in [3.63, 3.8) is 0 Å². The molecule has 0 atom stereocenters. The lowest BCUT2D eigenvalue weighted by atomic mass is 10.2. The number of benzene rings is 3. The normalized spacial score (nSPS) is 11.1. The Morgan fingerprint density at radius 1 is 0.571 bits per heavy atom. The van der Waals surface area contributed by atoms with Gasteiger partial charge in [-0.15, -0.1) is 0 Å². The van der Waals surface area contributed by atoms with E-state index in [9.17, 15) is 0 Å². The summed E-state index contributed by atoms with van der Waals surface area (Å²) in [6.45, 7) is 0.873. The summed E-state index contributed by atoms with van der Waals surface area (Å²) in [5.41, 5.74) is 1.29. The third kappa shape index (κ3) is 3.01. The molecular formula is C20H19P. The van der Waals surface area contributed by atoms with Crippen LogP contribution in [-0.4, -0.2) is 12.5 Å². The highest BCUT2D eigenvalue weighted by molar-refractivity contribution is 7.87. The largest absolute Gasteiger partial charge is 0.0622 e. The van der Waals surface area contributed by atoms with Crippen molar-refractivity contribution in [3.8, 4) is 0 Å². The SMILES string of the molecule is CP(=Cc1ccccc1)(c1ccccc1)c1ccccc1. The van der Waals surface area contributed by atoms with E-state index in [0.29, 0.717) is 0 Å². The summed E-state index contributed by atoms with van der Waals surface area (Å²) < 4.78 is 0. The zero-order chi connectivity index (χ0) is 14.5. The molecule has 0 bridgehead atoms. The molecule has 0 heterocycles. The van der Waals surface area contributed by atoms with Crippen LogP contribution in [0, 0.1) is 0 Å². The molecule has 0 aliphatic rings. The molecule has 1 heteroatoms. The van der Waals surface area contributed by atoms with E-state index in [2.05, 4.69) is 103 Å². The summed E-state index contributed by atoms with van der Waals surface area (Å²) in [4.78, 5) is 0. The van der Waals surface area contributed by atoms with Crippen molar-refractivity contribution in [2.24, 2.45) is 0 Å². The number of rotatable bonds is 3. The lowest BCUT2D eigenvalue weighted by Gasteiger charge is -2.23. The second-order valence-corrected chi connectivity index (χ2v) is 8.73. The summed E-state index contributed by atoms with van der Waals surface area (Å²) >= 11 is 0. The van der Waals surface area contributed by atoms with Crippen LogP contribution in [0.15, 0.2) is 91.0 Å². The van der Waals surface area contributed by atoms with Gasteiger partial charge in [0.2, 0.25) is 0 Å². The lowest BCUT2D eigenvalue weighted by molar-refractivity contribution is 1.69. The zero-order valence-electron chi connectivity index (χ0n) is 12.2. The van der Waals surface area contributed by atoms with Crippen LogP contribution in [0.2, 0.25) is 0 Å². The smallest absolute Gasteiger partial charge is 0.0205 e. The van der Waals surface area contributed by atoms with Gasteiger partial charge in [-0.25, -0.2) is 0 Å². The van der Waals surface area contributed by atoms with E-state index in [1.54, 1.807) is 0 Å². The Morgan fingerprint density at radius 2 is 0.952 bits per heavy atom. The molecule has 0 saturated heterocycles. The van der Waals surface area contributed by atoms with Gasteiger partial charge in [0, 0.05) is 0 Å². The molecule has 0 radical (unpaired) electrons. The highest BCUT2D eigenvalue weighted by atomic mass is 31.2. The van der Waals surface area contributed by atoms with E-state index in [0.717, 1.165) is 0 Å². The minimum Gasteiger partial charge on any atom is -0.0622 e. The van der Waals surface area contributed by atoms with Crippen molar-refractivity contribution < 1.29 is 0 Å². The Labute approximate surface area is 127 Å². The molecule has 0 unspecified atom stereocenters. The van der Waals surface area contributed by atoms with Crippen molar-refractivity contribution in [1.82, 2.24) is 0 Å². The molecule has 3 rings (SSSR count). The van der Waals surface area contributed by atoms with Crippen LogP contribution in [0.25, 0.3) is 0 Å². The third-order valence-corrected chi connectivity index (χ3v) is 7.35. The van der Waals surface area contributed by atoms with Gasteiger partial charge in [-0.2, -0.15) is 0 Å². The highest BCUT2D eigenvalue weighted by Gasteiger charge is 2.16. The molecule has 0 spiro atoms. The minimum absolute atomic E-state index is 1.29. The molecule has 3 aromatic rings. The van der Waals surface area contributed by atoms with Crippen LogP contribution in [-0.2, 0) is 0 Å². The maximum Gasteiger partial charge on any atom is -0.0205 e. The molecule has 0 aromatic heterocycles. The second kappa shape index (κ2) is 6.16. The topological polar surface area (TPSA) is 0 Å². The standard InChI is InChI=1S/C20H19P/c1-21(19-13-7-3-8-14-19,20-15-9-4-10-16-20)17-18-11-5-2-6-12-18/h2-17H,1H3. The quantitative estimate of drug-likeness (QED) is 0.636. The predicted octanol–water partition coefficient (Wildman–Crippen LogP) is 4.14. The van der Waals surface area contributed by atoms with Crippen LogP contribution in [0.4, 0.5) is 0 Å². The minimum atomic E-state index is -1.52. The van der Waals surface area contributed by atoms with E-state index >= 15 is 0 Å². The fourth-order valence-corrected chi connectivity index (χ4v) is 5.56. The summed E-state index contributed by atoms with van der Waals surface area (Å²) in [7, 11) is 0. The van der Waals surface area contributed by atoms with Crippen LogP contribution >= 0.6 is 6.89 Å². The first-order chi connectivity index (χ1) is 10.3. The van der Waals surface area contributed by atoms with E-state index in [4.69, 9.17) is 0 Å². The zero-order valence-corrected chi connectivity index (χ0v) is 13.1. The van der Waals surface area contributed by atoms with Crippen molar-refractivity contribution >= 4 is 23.3 Å². The highest BCUT2D eigenvalue weighted by Crippen LogP contribution is 2.40. The van der Waals surface area contributed by atoms with Crippen molar-refractivity contribution in [1.29, 1.82) is 0 Å². The summed E-state index contributed by atoms with van der Waals surface area (Å²) in [5, 5.41) is 2.83. The maximum atomic E-state index is 2.46. The Kier molecular flexibility index (Phi) is 4.08. The summed E-state index contributed by atoms with van der Waals surface area (Å²) in [6, 6.07) is 32.4. The van der Waals surface area contributed by atoms with Crippen molar-refractivity contribution in [2.45, 2.75) is 0 Å². The monoisotopic (exact) mass is 290 g/mol. The molecule has 104 valence electrons. The Bertz CT molecular complexity index is 700. The Hall–Kier alpha value is -2.04. The molecule has 3 aromatic carbocycles. The fourth-order valence-electron chi connectivity index (χ4n) is 2.61. The first kappa shape index (κ1) is 13.9.